The summed E-state index contributed by atoms with van der Waals surface area (Å²) >= 11 is 17.9. The molecule has 1 saturated heterocycles. The summed E-state index contributed by atoms with van der Waals surface area (Å²) in [6.45, 7) is 0.336. The number of carbonyl (C=O) groups excluding carboxylic acids is 3. The van der Waals surface area contributed by atoms with Gasteiger partial charge in [-0.1, -0.05) is 59.1 Å². The third-order valence-corrected chi connectivity index (χ3v) is 5.72. The summed E-state index contributed by atoms with van der Waals surface area (Å²) < 4.78 is 5.74. The van der Waals surface area contributed by atoms with Gasteiger partial charge in [-0.3, -0.25) is 14.9 Å². The van der Waals surface area contributed by atoms with Crippen LogP contribution in [0.15, 0.2) is 72.3 Å². The van der Waals surface area contributed by atoms with Crippen LogP contribution in [0.4, 0.5) is 10.5 Å². The Labute approximate surface area is 204 Å². The van der Waals surface area contributed by atoms with Gasteiger partial charge in [0.15, 0.2) is 0 Å². The fourth-order valence-electron chi connectivity index (χ4n) is 3.14. The van der Waals surface area contributed by atoms with Gasteiger partial charge in [-0.2, -0.15) is 0 Å². The van der Waals surface area contributed by atoms with Gasteiger partial charge in [0.1, 0.15) is 17.9 Å². The Morgan fingerprint density at radius 2 is 1.64 bits per heavy atom. The van der Waals surface area contributed by atoms with E-state index in [1.165, 1.54) is 24.3 Å². The largest absolute Gasteiger partial charge is 0.489 e. The monoisotopic (exact) mass is 500 g/mol. The lowest BCUT2D eigenvalue weighted by Gasteiger charge is -2.26. The highest BCUT2D eigenvalue weighted by Gasteiger charge is 2.37. The molecule has 0 bridgehead atoms. The fraction of sp³-hybridized carbons (Fsp3) is 0.0417. The quantitative estimate of drug-likeness (QED) is 0.349. The molecular formula is C24H15Cl3N2O4. The van der Waals surface area contributed by atoms with Crippen molar-refractivity contribution in [3.63, 3.8) is 0 Å². The molecule has 9 heteroatoms. The van der Waals surface area contributed by atoms with Gasteiger partial charge in [0, 0.05) is 5.02 Å². The molecule has 6 nitrogen and oxygen atoms in total. The minimum Gasteiger partial charge on any atom is -0.489 e. The molecule has 1 fully saturated rings. The van der Waals surface area contributed by atoms with Crippen LogP contribution in [-0.4, -0.2) is 17.8 Å². The van der Waals surface area contributed by atoms with Gasteiger partial charge in [-0.05, 0) is 59.7 Å². The fourth-order valence-corrected chi connectivity index (χ4v) is 3.64. The van der Waals surface area contributed by atoms with E-state index in [0.29, 0.717) is 22.9 Å². The average Bonchev–Trinajstić information content (AvgIpc) is 2.78. The summed E-state index contributed by atoms with van der Waals surface area (Å²) in [5, 5.41) is 3.24. The third kappa shape index (κ3) is 5.20. The molecule has 0 unspecified atom stereocenters. The number of rotatable bonds is 5. The highest BCUT2D eigenvalue weighted by atomic mass is 35.5. The molecular weight excluding hydrogens is 487 g/mol. The standard InChI is InChI=1S/C24H15Cl3N2O4/c25-16-3-1-2-15(10-16)13-33-18-7-4-14(5-8-18)11-19-22(30)28-24(32)29(23(19)31)17-6-9-20(26)21(27)12-17/h1-12H,13H2,(H,28,30,32)/b19-11+. The van der Waals surface area contributed by atoms with Gasteiger partial charge in [0.05, 0.1) is 15.7 Å². The van der Waals surface area contributed by atoms with E-state index in [0.717, 1.165) is 10.5 Å². The predicted octanol–water partition coefficient (Wildman–Crippen LogP) is 5.89. The van der Waals surface area contributed by atoms with Crippen LogP contribution in [-0.2, 0) is 16.2 Å². The second-order valence-corrected chi connectivity index (χ2v) is 8.29. The van der Waals surface area contributed by atoms with E-state index in [9.17, 15) is 14.4 Å². The van der Waals surface area contributed by atoms with Gasteiger partial charge in [0.2, 0.25) is 0 Å². The Bertz CT molecular complexity index is 1290. The topological polar surface area (TPSA) is 75.7 Å². The maximum Gasteiger partial charge on any atom is 0.335 e. The number of ether oxygens (including phenoxy) is 1. The number of anilines is 1. The van der Waals surface area contributed by atoms with E-state index >= 15 is 0 Å². The Kier molecular flexibility index (Phi) is 6.70. The predicted molar refractivity (Wildman–Crippen MR) is 128 cm³/mol. The van der Waals surface area contributed by atoms with Crippen LogP contribution in [0.1, 0.15) is 11.1 Å². The number of carbonyl (C=O) groups is 3. The second-order valence-electron chi connectivity index (χ2n) is 7.04. The van der Waals surface area contributed by atoms with Crippen molar-refractivity contribution in [2.45, 2.75) is 6.61 Å². The number of urea groups is 1. The SMILES string of the molecule is O=C1NC(=O)N(c2ccc(Cl)c(Cl)c2)C(=O)/C1=C/c1ccc(OCc2cccc(Cl)c2)cc1. The van der Waals surface area contributed by atoms with Gasteiger partial charge < -0.3 is 4.74 Å². The van der Waals surface area contributed by atoms with Crippen molar-refractivity contribution in [3.05, 3.63) is 98.5 Å². The van der Waals surface area contributed by atoms with Crippen molar-refractivity contribution in [2.75, 3.05) is 4.90 Å². The van der Waals surface area contributed by atoms with Crippen molar-refractivity contribution < 1.29 is 19.1 Å². The molecule has 0 aliphatic carbocycles. The van der Waals surface area contributed by atoms with Crippen LogP contribution < -0.4 is 15.0 Å². The maximum absolute atomic E-state index is 13.0. The minimum absolute atomic E-state index is 0.172. The Balaban J connectivity index is 1.53. The van der Waals surface area contributed by atoms with E-state index in [1.807, 2.05) is 18.2 Å². The van der Waals surface area contributed by atoms with Crippen molar-refractivity contribution in [1.82, 2.24) is 5.32 Å². The van der Waals surface area contributed by atoms with Crippen molar-refractivity contribution >= 4 is 64.4 Å². The zero-order chi connectivity index (χ0) is 23.5. The number of benzene rings is 3. The van der Waals surface area contributed by atoms with Crippen LogP contribution in [0.2, 0.25) is 15.1 Å². The first kappa shape index (κ1) is 22.9. The van der Waals surface area contributed by atoms with E-state index < -0.39 is 17.8 Å². The Morgan fingerprint density at radius 3 is 2.33 bits per heavy atom. The molecule has 3 aromatic carbocycles. The summed E-state index contributed by atoms with van der Waals surface area (Å²) in [7, 11) is 0. The molecule has 166 valence electrons. The van der Waals surface area contributed by atoms with Crippen LogP contribution >= 0.6 is 34.8 Å². The highest BCUT2D eigenvalue weighted by molar-refractivity contribution is 6.43. The van der Waals surface area contributed by atoms with Crippen molar-refractivity contribution in [3.8, 4) is 5.75 Å². The smallest absolute Gasteiger partial charge is 0.335 e. The summed E-state index contributed by atoms with van der Waals surface area (Å²) in [6, 6.07) is 17.6. The Morgan fingerprint density at radius 1 is 0.879 bits per heavy atom. The second kappa shape index (κ2) is 9.67. The normalized spacial score (nSPS) is 15.1. The number of barbiturate groups is 1. The van der Waals surface area contributed by atoms with Gasteiger partial charge in [0.25, 0.3) is 11.8 Å². The molecule has 1 N–H and O–H groups in total. The van der Waals surface area contributed by atoms with E-state index in [2.05, 4.69) is 5.32 Å². The van der Waals surface area contributed by atoms with Gasteiger partial charge in [-0.25, -0.2) is 9.69 Å². The molecule has 0 atom stereocenters. The van der Waals surface area contributed by atoms with Crippen molar-refractivity contribution in [1.29, 1.82) is 0 Å². The van der Waals surface area contributed by atoms with Crippen molar-refractivity contribution in [2.24, 2.45) is 0 Å². The number of nitrogens with one attached hydrogen (secondary N) is 1. The summed E-state index contributed by atoms with van der Waals surface area (Å²) in [5.41, 5.74) is 1.49. The molecule has 4 rings (SSSR count). The summed E-state index contributed by atoms with van der Waals surface area (Å²) in [4.78, 5) is 38.4. The molecule has 0 radical (unpaired) electrons. The number of amides is 4. The van der Waals surface area contributed by atoms with Crippen LogP contribution in [0, 0.1) is 0 Å². The number of imide groups is 2. The highest BCUT2D eigenvalue weighted by Crippen LogP contribution is 2.29. The first-order chi connectivity index (χ1) is 15.8. The third-order valence-electron chi connectivity index (χ3n) is 4.75. The van der Waals surface area contributed by atoms with Crippen LogP contribution in [0.3, 0.4) is 0 Å². The zero-order valence-electron chi connectivity index (χ0n) is 16.8. The van der Waals surface area contributed by atoms with Crippen LogP contribution in [0.5, 0.6) is 5.75 Å². The molecule has 1 heterocycles. The van der Waals surface area contributed by atoms with E-state index in [4.69, 9.17) is 39.5 Å². The zero-order valence-corrected chi connectivity index (χ0v) is 19.1. The number of hydrogen-bond acceptors (Lipinski definition) is 4. The molecule has 0 saturated carbocycles. The molecule has 3 aromatic rings. The van der Waals surface area contributed by atoms with Crippen LogP contribution in [0.25, 0.3) is 6.08 Å². The molecule has 1 aliphatic heterocycles. The number of halogens is 3. The lowest BCUT2D eigenvalue weighted by atomic mass is 10.1. The lowest BCUT2D eigenvalue weighted by Crippen LogP contribution is -2.54. The number of nitrogens with zero attached hydrogens (tertiary/aromatic N) is 1. The first-order valence-corrected chi connectivity index (χ1v) is 10.8. The molecule has 33 heavy (non-hydrogen) atoms. The lowest BCUT2D eigenvalue weighted by molar-refractivity contribution is -0.122. The van der Waals surface area contributed by atoms with Gasteiger partial charge >= 0.3 is 6.03 Å². The number of hydrogen-bond donors (Lipinski definition) is 1. The summed E-state index contributed by atoms with van der Waals surface area (Å²) in [6.07, 6.45) is 1.40. The first-order valence-electron chi connectivity index (χ1n) is 9.65. The van der Waals surface area contributed by atoms with Gasteiger partial charge in [-0.15, -0.1) is 0 Å². The molecule has 0 aromatic heterocycles. The molecule has 0 spiro atoms. The summed E-state index contributed by atoms with van der Waals surface area (Å²) in [5.74, 6) is -0.963. The van der Waals surface area contributed by atoms with E-state index in [1.54, 1.807) is 30.3 Å². The van der Waals surface area contributed by atoms with E-state index in [-0.39, 0.29) is 21.3 Å². The molecule has 4 amide bonds. The average molecular weight is 502 g/mol. The minimum atomic E-state index is -0.870. The maximum atomic E-state index is 13.0. The molecule has 1 aliphatic rings. The Hall–Kier alpha value is -3.32.